The van der Waals surface area contributed by atoms with Gasteiger partial charge in [-0.1, -0.05) is 20.8 Å². The molecule has 5 nitrogen and oxygen atoms in total. The normalized spacial score (nSPS) is 12.3. The van der Waals surface area contributed by atoms with Crippen molar-refractivity contribution in [3.05, 3.63) is 47.3 Å². The molecule has 2 rings (SSSR count). The second-order valence-corrected chi connectivity index (χ2v) is 7.67. The summed E-state index contributed by atoms with van der Waals surface area (Å²) < 4.78 is 28.7. The van der Waals surface area contributed by atoms with Gasteiger partial charge in [-0.25, -0.2) is 13.5 Å². The third-order valence-corrected chi connectivity index (χ3v) is 3.70. The third kappa shape index (κ3) is 4.22. The van der Waals surface area contributed by atoms with Crippen LogP contribution in [0.25, 0.3) is 5.69 Å². The quantitative estimate of drug-likeness (QED) is 0.890. The van der Waals surface area contributed by atoms with Crippen molar-refractivity contribution in [2.24, 2.45) is 0 Å². The van der Waals surface area contributed by atoms with E-state index in [0.29, 0.717) is 5.69 Å². The lowest BCUT2D eigenvalue weighted by molar-refractivity contribution is 0.0863. The minimum absolute atomic E-state index is 0.0618. The monoisotopic (exact) mass is 351 g/mol. The van der Waals surface area contributed by atoms with Gasteiger partial charge in [0.1, 0.15) is 11.5 Å². The van der Waals surface area contributed by atoms with Crippen LogP contribution in [-0.4, -0.2) is 32.9 Å². The van der Waals surface area contributed by atoms with Crippen LogP contribution in [0.2, 0.25) is 0 Å². The van der Waals surface area contributed by atoms with Crippen molar-refractivity contribution in [1.29, 1.82) is 0 Å². The lowest BCUT2D eigenvalue weighted by atomic mass is 9.91. The van der Waals surface area contributed by atoms with Gasteiger partial charge in [0.05, 0.1) is 17.8 Å². The van der Waals surface area contributed by atoms with Crippen molar-refractivity contribution in [3.63, 3.8) is 0 Å². The molecule has 0 radical (unpaired) electrons. The molecule has 0 unspecified atom stereocenters. The lowest BCUT2D eigenvalue weighted by Gasteiger charge is -2.22. The van der Waals surface area contributed by atoms with Crippen LogP contribution in [0.3, 0.4) is 0 Å². The molecule has 1 heterocycles. The molecule has 0 saturated carbocycles. The van der Waals surface area contributed by atoms with Crippen molar-refractivity contribution in [2.75, 3.05) is 6.61 Å². The van der Waals surface area contributed by atoms with E-state index in [9.17, 15) is 18.7 Å². The van der Waals surface area contributed by atoms with Gasteiger partial charge < -0.3 is 10.4 Å². The van der Waals surface area contributed by atoms with Crippen LogP contribution in [0, 0.1) is 11.6 Å². The number of nitrogens with zero attached hydrogens (tertiary/aromatic N) is 2. The zero-order chi connectivity index (χ0) is 19.0. The van der Waals surface area contributed by atoms with Crippen LogP contribution < -0.4 is 5.32 Å². The number of carbonyl (C=O) groups is 1. The second kappa shape index (κ2) is 6.55. The number of amides is 1. The molecule has 2 N–H and O–H groups in total. The fourth-order valence-corrected chi connectivity index (χ4v) is 2.27. The molecule has 25 heavy (non-hydrogen) atoms. The van der Waals surface area contributed by atoms with E-state index in [0.717, 1.165) is 12.1 Å². The minimum atomic E-state index is -0.816. The fourth-order valence-electron chi connectivity index (χ4n) is 2.27. The second-order valence-electron chi connectivity index (χ2n) is 7.67. The molecule has 2 aromatic rings. The van der Waals surface area contributed by atoms with Gasteiger partial charge in [-0.3, -0.25) is 4.79 Å². The Kier molecular flexibility index (Phi) is 4.99. The molecule has 0 aliphatic heterocycles. The predicted molar refractivity (Wildman–Crippen MR) is 90.8 cm³/mol. The van der Waals surface area contributed by atoms with Crippen LogP contribution in [0.5, 0.6) is 0 Å². The first-order valence-corrected chi connectivity index (χ1v) is 7.94. The summed E-state index contributed by atoms with van der Waals surface area (Å²) in [5, 5.41) is 16.2. The maximum Gasteiger partial charge on any atom is 0.272 e. The summed E-state index contributed by atoms with van der Waals surface area (Å²) in [4.78, 5) is 12.4. The Bertz CT molecular complexity index is 792. The van der Waals surface area contributed by atoms with E-state index in [-0.39, 0.29) is 18.0 Å². The first-order chi connectivity index (χ1) is 11.4. The molecule has 7 heteroatoms. The molecular weight excluding hydrogens is 328 g/mol. The summed E-state index contributed by atoms with van der Waals surface area (Å²) >= 11 is 0. The minimum Gasteiger partial charge on any atom is -0.394 e. The summed E-state index contributed by atoms with van der Waals surface area (Å²) in [7, 11) is 0. The highest BCUT2D eigenvalue weighted by molar-refractivity contribution is 5.93. The summed E-state index contributed by atoms with van der Waals surface area (Å²) in [6, 6.07) is 4.77. The number of aliphatic hydroxyl groups excluding tert-OH is 1. The number of aliphatic hydroxyl groups is 1. The fraction of sp³-hybridized carbons (Fsp3) is 0.444. The third-order valence-electron chi connectivity index (χ3n) is 3.70. The van der Waals surface area contributed by atoms with E-state index in [1.165, 1.54) is 10.7 Å². The number of aromatic nitrogens is 2. The maximum atomic E-state index is 14.2. The molecule has 1 amide bonds. The Morgan fingerprint density at radius 2 is 1.84 bits per heavy atom. The Hall–Kier alpha value is -2.28. The average molecular weight is 351 g/mol. The number of nitrogens with one attached hydrogen (secondary N) is 1. The molecule has 0 atom stereocenters. The topological polar surface area (TPSA) is 67.2 Å². The molecule has 1 aromatic carbocycles. The Morgan fingerprint density at radius 3 is 2.36 bits per heavy atom. The summed E-state index contributed by atoms with van der Waals surface area (Å²) in [6.07, 6.45) is 0. The van der Waals surface area contributed by atoms with E-state index in [1.807, 2.05) is 20.8 Å². The van der Waals surface area contributed by atoms with Crippen molar-refractivity contribution in [1.82, 2.24) is 15.1 Å². The van der Waals surface area contributed by atoms with E-state index in [1.54, 1.807) is 19.9 Å². The summed E-state index contributed by atoms with van der Waals surface area (Å²) in [5.41, 5.74) is -0.491. The van der Waals surface area contributed by atoms with Gasteiger partial charge >= 0.3 is 0 Å². The van der Waals surface area contributed by atoms with Gasteiger partial charge in [0, 0.05) is 11.5 Å². The van der Waals surface area contributed by atoms with Crippen LogP contribution in [-0.2, 0) is 5.41 Å². The van der Waals surface area contributed by atoms with Gasteiger partial charge in [0.25, 0.3) is 5.91 Å². The van der Waals surface area contributed by atoms with Gasteiger partial charge in [-0.2, -0.15) is 5.10 Å². The lowest BCUT2D eigenvalue weighted by Crippen LogP contribution is -2.46. The maximum absolute atomic E-state index is 14.2. The van der Waals surface area contributed by atoms with E-state index < -0.39 is 28.5 Å². The van der Waals surface area contributed by atoms with Gasteiger partial charge in [-0.15, -0.1) is 0 Å². The highest BCUT2D eigenvalue weighted by Crippen LogP contribution is 2.27. The predicted octanol–water partition coefficient (Wildman–Crippen LogP) is 2.95. The molecule has 0 aliphatic rings. The largest absolute Gasteiger partial charge is 0.394 e. The molecule has 0 fully saturated rings. The van der Waals surface area contributed by atoms with E-state index >= 15 is 0 Å². The Labute approximate surface area is 145 Å². The van der Waals surface area contributed by atoms with E-state index in [4.69, 9.17) is 0 Å². The zero-order valence-electron chi connectivity index (χ0n) is 15.0. The van der Waals surface area contributed by atoms with Crippen LogP contribution >= 0.6 is 0 Å². The SMILES string of the molecule is CC(C)(CO)NC(=O)c1cc(C(C)(C)C)n(-c2ccc(F)cc2F)n1. The summed E-state index contributed by atoms with van der Waals surface area (Å²) in [6.45, 7) is 8.82. The number of hydrogen-bond donors (Lipinski definition) is 2. The Balaban J connectivity index is 2.53. The van der Waals surface area contributed by atoms with Crippen molar-refractivity contribution >= 4 is 5.91 Å². The number of hydrogen-bond acceptors (Lipinski definition) is 3. The number of halogens is 2. The molecule has 0 aliphatic carbocycles. The standard InChI is InChI=1S/C18H23F2N3O2/c1-17(2,3)15-9-13(16(25)21-18(4,5)10-24)22-23(15)14-7-6-11(19)8-12(14)20/h6-9,24H,10H2,1-5H3,(H,21,25). The van der Waals surface area contributed by atoms with E-state index in [2.05, 4.69) is 10.4 Å². The highest BCUT2D eigenvalue weighted by Gasteiger charge is 2.27. The number of rotatable bonds is 4. The molecule has 0 saturated heterocycles. The smallest absolute Gasteiger partial charge is 0.272 e. The first kappa shape index (κ1) is 19.1. The number of benzene rings is 1. The van der Waals surface area contributed by atoms with Gasteiger partial charge in [0.2, 0.25) is 0 Å². The van der Waals surface area contributed by atoms with Crippen molar-refractivity contribution in [2.45, 2.75) is 45.6 Å². The van der Waals surface area contributed by atoms with Gasteiger partial charge in [0.15, 0.2) is 11.5 Å². The van der Waals surface area contributed by atoms with Crippen LogP contribution in [0.1, 0.15) is 50.8 Å². The van der Waals surface area contributed by atoms with Crippen molar-refractivity contribution in [3.8, 4) is 5.69 Å². The molecule has 0 bridgehead atoms. The van der Waals surface area contributed by atoms with Crippen LogP contribution in [0.4, 0.5) is 8.78 Å². The van der Waals surface area contributed by atoms with Crippen LogP contribution in [0.15, 0.2) is 24.3 Å². The number of carbonyl (C=O) groups excluding carboxylic acids is 1. The average Bonchev–Trinajstić information content (AvgIpc) is 2.92. The molecule has 1 aromatic heterocycles. The first-order valence-electron chi connectivity index (χ1n) is 7.94. The molecular formula is C18H23F2N3O2. The molecule has 136 valence electrons. The molecule has 0 spiro atoms. The highest BCUT2D eigenvalue weighted by atomic mass is 19.1. The van der Waals surface area contributed by atoms with Gasteiger partial charge in [-0.05, 0) is 32.0 Å². The summed E-state index contributed by atoms with van der Waals surface area (Å²) in [5.74, 6) is -1.93. The zero-order valence-corrected chi connectivity index (χ0v) is 15.0. The van der Waals surface area contributed by atoms with Crippen molar-refractivity contribution < 1.29 is 18.7 Å². The Morgan fingerprint density at radius 1 is 1.20 bits per heavy atom.